The summed E-state index contributed by atoms with van der Waals surface area (Å²) in [5.41, 5.74) is 2.52. The summed E-state index contributed by atoms with van der Waals surface area (Å²) >= 11 is 1.50. The quantitative estimate of drug-likeness (QED) is 0.378. The van der Waals surface area contributed by atoms with E-state index in [2.05, 4.69) is 10.3 Å². The van der Waals surface area contributed by atoms with E-state index in [1.807, 2.05) is 24.3 Å². The number of nitrogens with zero attached hydrogens (tertiary/aromatic N) is 2. The van der Waals surface area contributed by atoms with Gasteiger partial charge in [-0.25, -0.2) is 9.88 Å². The molecule has 0 fully saturated rings. The number of hydrogen-bond acceptors (Lipinski definition) is 5. The number of rotatable bonds is 4. The van der Waals surface area contributed by atoms with Crippen LogP contribution < -0.4 is 10.2 Å². The molecule has 3 amide bonds. The lowest BCUT2D eigenvalue weighted by Gasteiger charge is -2.15. The maximum atomic E-state index is 12.7. The second-order valence-electron chi connectivity index (χ2n) is 6.88. The maximum Gasteiger partial charge on any atom is 0.266 e. The molecular formula is C24H15N3O3S. The van der Waals surface area contributed by atoms with Gasteiger partial charge in [-0.1, -0.05) is 30.3 Å². The number of anilines is 2. The highest BCUT2D eigenvalue weighted by Crippen LogP contribution is 2.29. The van der Waals surface area contributed by atoms with Gasteiger partial charge in [0.25, 0.3) is 11.8 Å². The Morgan fingerprint density at radius 1 is 0.903 bits per heavy atom. The Labute approximate surface area is 181 Å². The molecule has 1 aromatic heterocycles. The standard InChI is InChI=1S/C24H15N3O3S/c28-21(12-13-22-26-19-10-3-4-11-20(19)31-22)25-15-6-5-7-16(14-15)27-23(29)17-8-1-2-9-18(17)24(27)30/h1-14H,(H,25,28)/b13-12+. The molecule has 4 aromatic rings. The molecule has 0 saturated carbocycles. The van der Waals surface area contributed by atoms with Crippen molar-refractivity contribution in [2.45, 2.75) is 0 Å². The number of para-hydroxylation sites is 1. The Morgan fingerprint density at radius 3 is 2.35 bits per heavy atom. The number of benzene rings is 3. The van der Waals surface area contributed by atoms with Crippen LogP contribution >= 0.6 is 11.3 Å². The van der Waals surface area contributed by atoms with Gasteiger partial charge in [-0.05, 0) is 48.5 Å². The number of aromatic nitrogens is 1. The van der Waals surface area contributed by atoms with Crippen molar-refractivity contribution in [2.75, 3.05) is 10.2 Å². The number of imide groups is 1. The molecule has 1 aliphatic heterocycles. The third kappa shape index (κ3) is 3.51. The van der Waals surface area contributed by atoms with E-state index >= 15 is 0 Å². The SMILES string of the molecule is O=C(/C=C/c1nc2ccccc2s1)Nc1cccc(N2C(=O)c3ccccc3C2=O)c1. The van der Waals surface area contributed by atoms with Gasteiger partial charge in [-0.2, -0.15) is 0 Å². The molecule has 3 aromatic carbocycles. The van der Waals surface area contributed by atoms with Crippen LogP contribution in [0.5, 0.6) is 0 Å². The fraction of sp³-hybridized carbons (Fsp3) is 0. The highest BCUT2D eigenvalue weighted by molar-refractivity contribution is 7.19. The summed E-state index contributed by atoms with van der Waals surface area (Å²) in [6.07, 6.45) is 3.07. The predicted molar refractivity (Wildman–Crippen MR) is 121 cm³/mol. The van der Waals surface area contributed by atoms with Gasteiger partial charge in [0.2, 0.25) is 5.91 Å². The average Bonchev–Trinajstić information content (AvgIpc) is 3.31. The minimum Gasteiger partial charge on any atom is -0.322 e. The first-order valence-electron chi connectivity index (χ1n) is 9.53. The molecule has 0 unspecified atom stereocenters. The van der Waals surface area contributed by atoms with Gasteiger partial charge < -0.3 is 5.32 Å². The summed E-state index contributed by atoms with van der Waals surface area (Å²) in [7, 11) is 0. The third-order valence-electron chi connectivity index (χ3n) is 4.85. The van der Waals surface area contributed by atoms with Crippen molar-refractivity contribution in [2.24, 2.45) is 0 Å². The molecular weight excluding hydrogens is 410 g/mol. The van der Waals surface area contributed by atoms with Crippen LogP contribution in [-0.4, -0.2) is 22.7 Å². The Morgan fingerprint density at radius 2 is 1.61 bits per heavy atom. The largest absolute Gasteiger partial charge is 0.322 e. The zero-order chi connectivity index (χ0) is 21.4. The first kappa shape index (κ1) is 18.9. The minimum atomic E-state index is -0.375. The van der Waals surface area contributed by atoms with E-state index in [0.717, 1.165) is 20.1 Å². The maximum absolute atomic E-state index is 12.7. The zero-order valence-corrected chi connectivity index (χ0v) is 16.9. The van der Waals surface area contributed by atoms with E-state index in [1.165, 1.54) is 17.4 Å². The van der Waals surface area contributed by atoms with Gasteiger partial charge in [-0.3, -0.25) is 14.4 Å². The Balaban J connectivity index is 1.33. The molecule has 1 aliphatic rings. The summed E-state index contributed by atoms with van der Waals surface area (Å²) in [4.78, 5) is 43.3. The first-order valence-corrected chi connectivity index (χ1v) is 10.3. The lowest BCUT2D eigenvalue weighted by Crippen LogP contribution is -2.29. The molecule has 7 heteroatoms. The van der Waals surface area contributed by atoms with Crippen LogP contribution in [0.25, 0.3) is 16.3 Å². The lowest BCUT2D eigenvalue weighted by atomic mass is 10.1. The van der Waals surface area contributed by atoms with Gasteiger partial charge in [0.1, 0.15) is 5.01 Å². The molecule has 31 heavy (non-hydrogen) atoms. The summed E-state index contributed by atoms with van der Waals surface area (Å²) < 4.78 is 1.05. The van der Waals surface area contributed by atoms with Gasteiger partial charge >= 0.3 is 0 Å². The van der Waals surface area contributed by atoms with Crippen LogP contribution in [-0.2, 0) is 4.79 Å². The normalized spacial score (nSPS) is 13.2. The average molecular weight is 425 g/mol. The number of fused-ring (bicyclic) bond motifs is 2. The molecule has 2 heterocycles. The highest BCUT2D eigenvalue weighted by atomic mass is 32.1. The van der Waals surface area contributed by atoms with Crippen molar-refractivity contribution < 1.29 is 14.4 Å². The number of hydrogen-bond donors (Lipinski definition) is 1. The van der Waals surface area contributed by atoms with E-state index in [-0.39, 0.29) is 17.7 Å². The fourth-order valence-electron chi connectivity index (χ4n) is 3.44. The fourth-order valence-corrected chi connectivity index (χ4v) is 4.31. The van der Waals surface area contributed by atoms with Crippen LogP contribution in [0.15, 0.2) is 78.9 Å². The number of carbonyl (C=O) groups is 3. The Kier molecular flexibility index (Phi) is 4.65. The summed E-state index contributed by atoms with van der Waals surface area (Å²) in [6, 6.07) is 21.1. The van der Waals surface area contributed by atoms with Crippen LogP contribution in [0.3, 0.4) is 0 Å². The Hall–Kier alpha value is -4.10. The van der Waals surface area contributed by atoms with Gasteiger partial charge in [0.05, 0.1) is 27.0 Å². The second-order valence-corrected chi connectivity index (χ2v) is 7.95. The Bertz CT molecular complexity index is 1320. The van der Waals surface area contributed by atoms with Crippen molar-refractivity contribution in [3.8, 4) is 0 Å². The van der Waals surface area contributed by atoms with Crippen LogP contribution in [0.2, 0.25) is 0 Å². The van der Waals surface area contributed by atoms with Crippen molar-refractivity contribution >= 4 is 56.7 Å². The predicted octanol–water partition coefficient (Wildman–Crippen LogP) is 4.75. The monoisotopic (exact) mass is 425 g/mol. The van der Waals surface area contributed by atoms with Crippen molar-refractivity contribution in [3.63, 3.8) is 0 Å². The zero-order valence-electron chi connectivity index (χ0n) is 16.1. The highest BCUT2D eigenvalue weighted by Gasteiger charge is 2.36. The molecule has 1 N–H and O–H groups in total. The minimum absolute atomic E-state index is 0.334. The molecule has 0 radical (unpaired) electrons. The lowest BCUT2D eigenvalue weighted by molar-refractivity contribution is -0.111. The molecule has 150 valence electrons. The van der Waals surface area contributed by atoms with E-state index in [9.17, 15) is 14.4 Å². The van der Waals surface area contributed by atoms with Crippen LogP contribution in [0, 0.1) is 0 Å². The second kappa shape index (κ2) is 7.62. The number of amides is 3. The van der Waals surface area contributed by atoms with Gasteiger partial charge in [0.15, 0.2) is 0 Å². The number of carbonyl (C=O) groups excluding carboxylic acids is 3. The van der Waals surface area contributed by atoms with E-state index in [0.29, 0.717) is 22.5 Å². The topological polar surface area (TPSA) is 79.4 Å². The van der Waals surface area contributed by atoms with E-state index in [1.54, 1.807) is 54.6 Å². The molecule has 0 saturated heterocycles. The van der Waals surface area contributed by atoms with Crippen molar-refractivity contribution in [3.05, 3.63) is 95.0 Å². The molecule has 5 rings (SSSR count). The molecule has 0 atom stereocenters. The molecule has 0 bridgehead atoms. The van der Waals surface area contributed by atoms with E-state index in [4.69, 9.17) is 0 Å². The third-order valence-corrected chi connectivity index (χ3v) is 5.86. The summed E-state index contributed by atoms with van der Waals surface area (Å²) in [5.74, 6) is -1.08. The van der Waals surface area contributed by atoms with Crippen molar-refractivity contribution in [1.82, 2.24) is 4.98 Å². The molecule has 0 aliphatic carbocycles. The molecule has 6 nitrogen and oxygen atoms in total. The van der Waals surface area contributed by atoms with Gasteiger partial charge in [0, 0.05) is 11.8 Å². The van der Waals surface area contributed by atoms with Crippen LogP contribution in [0.1, 0.15) is 25.7 Å². The number of nitrogens with one attached hydrogen (secondary N) is 1. The first-order chi connectivity index (χ1) is 15.1. The summed E-state index contributed by atoms with van der Waals surface area (Å²) in [6.45, 7) is 0. The number of thiazole rings is 1. The van der Waals surface area contributed by atoms with Crippen molar-refractivity contribution in [1.29, 1.82) is 0 Å². The molecule has 0 spiro atoms. The smallest absolute Gasteiger partial charge is 0.266 e. The van der Waals surface area contributed by atoms with Crippen LogP contribution in [0.4, 0.5) is 11.4 Å². The van der Waals surface area contributed by atoms with Gasteiger partial charge in [-0.15, -0.1) is 11.3 Å². The van der Waals surface area contributed by atoms with E-state index < -0.39 is 0 Å². The summed E-state index contributed by atoms with van der Waals surface area (Å²) in [5, 5.41) is 3.49.